The van der Waals surface area contributed by atoms with E-state index in [0.717, 1.165) is 29.9 Å². The Balaban J connectivity index is 1.21. The molecule has 5 rings (SSSR count). The topological polar surface area (TPSA) is 86.7 Å². The molecule has 2 fully saturated rings. The summed E-state index contributed by atoms with van der Waals surface area (Å²) in [5.41, 5.74) is 2.09. The first kappa shape index (κ1) is 20.8. The van der Waals surface area contributed by atoms with Crippen LogP contribution in [0.5, 0.6) is 0 Å². The van der Waals surface area contributed by atoms with Crippen molar-refractivity contribution in [2.45, 2.75) is 11.8 Å². The predicted octanol–water partition coefficient (Wildman–Crippen LogP) is 1.91. The Hall–Kier alpha value is -3.04. The molecular weight excluding hydrogens is 426 g/mol. The summed E-state index contributed by atoms with van der Waals surface area (Å²) in [6.45, 7) is 5.22. The Morgan fingerprint density at radius 3 is 2.56 bits per heavy atom. The van der Waals surface area contributed by atoms with E-state index in [-0.39, 0.29) is 29.8 Å². The molecule has 2 aliphatic rings. The summed E-state index contributed by atoms with van der Waals surface area (Å²) in [7, 11) is -3.65. The monoisotopic (exact) mass is 451 g/mol. The number of pyridine rings is 2. The van der Waals surface area contributed by atoms with Crippen molar-refractivity contribution in [3.8, 4) is 0 Å². The van der Waals surface area contributed by atoms with Crippen molar-refractivity contribution < 1.29 is 13.2 Å². The van der Waals surface area contributed by atoms with E-state index < -0.39 is 10.0 Å². The number of aromatic nitrogens is 2. The van der Waals surface area contributed by atoms with Crippen LogP contribution in [0.1, 0.15) is 5.69 Å². The Morgan fingerprint density at radius 2 is 1.81 bits per heavy atom. The van der Waals surface area contributed by atoms with E-state index in [2.05, 4.69) is 20.9 Å². The SMILES string of the molecule is Cc1cc(N2CCN(C(=O)C3CN(S(=O)(=O)c4cccc5cnccc45)C3)CC2)ccn1. The van der Waals surface area contributed by atoms with Crippen LogP contribution in [-0.4, -0.2) is 72.8 Å². The lowest BCUT2D eigenvalue weighted by molar-refractivity contribution is -0.139. The fraction of sp³-hybridized carbons (Fsp3) is 0.348. The fourth-order valence-corrected chi connectivity index (χ4v) is 6.16. The first-order chi connectivity index (χ1) is 15.4. The first-order valence-corrected chi connectivity index (χ1v) is 12.2. The summed E-state index contributed by atoms with van der Waals surface area (Å²) in [4.78, 5) is 25.7. The van der Waals surface area contributed by atoms with E-state index in [1.54, 1.807) is 36.8 Å². The Morgan fingerprint density at radius 1 is 1.03 bits per heavy atom. The Kier molecular flexibility index (Phi) is 5.30. The molecule has 2 saturated heterocycles. The van der Waals surface area contributed by atoms with Crippen molar-refractivity contribution in [2.24, 2.45) is 5.92 Å². The highest BCUT2D eigenvalue weighted by Gasteiger charge is 2.42. The van der Waals surface area contributed by atoms with Crippen LogP contribution in [0.4, 0.5) is 5.69 Å². The van der Waals surface area contributed by atoms with Gasteiger partial charge in [-0.05, 0) is 31.2 Å². The largest absolute Gasteiger partial charge is 0.368 e. The number of rotatable bonds is 4. The number of amides is 1. The number of piperazine rings is 1. The van der Waals surface area contributed by atoms with Crippen molar-refractivity contribution in [1.29, 1.82) is 0 Å². The number of anilines is 1. The molecule has 0 N–H and O–H groups in total. The lowest BCUT2D eigenvalue weighted by Gasteiger charge is -2.42. The van der Waals surface area contributed by atoms with Crippen LogP contribution in [-0.2, 0) is 14.8 Å². The molecule has 0 spiro atoms. The van der Waals surface area contributed by atoms with Crippen LogP contribution in [0, 0.1) is 12.8 Å². The molecule has 0 atom stereocenters. The Bertz CT molecular complexity index is 1260. The quantitative estimate of drug-likeness (QED) is 0.602. The number of carbonyl (C=O) groups excluding carboxylic acids is 1. The predicted molar refractivity (Wildman–Crippen MR) is 122 cm³/mol. The van der Waals surface area contributed by atoms with Gasteiger partial charge in [-0.2, -0.15) is 4.31 Å². The van der Waals surface area contributed by atoms with Gasteiger partial charge < -0.3 is 9.80 Å². The lowest BCUT2D eigenvalue weighted by Crippen LogP contribution is -2.59. The van der Waals surface area contributed by atoms with E-state index in [1.807, 2.05) is 24.0 Å². The van der Waals surface area contributed by atoms with E-state index in [4.69, 9.17) is 0 Å². The van der Waals surface area contributed by atoms with Gasteiger partial charge in [-0.3, -0.25) is 14.8 Å². The van der Waals surface area contributed by atoms with Crippen LogP contribution in [0.2, 0.25) is 0 Å². The van der Waals surface area contributed by atoms with Crippen molar-refractivity contribution in [3.05, 3.63) is 60.7 Å². The Labute approximate surface area is 187 Å². The third-order valence-electron chi connectivity index (χ3n) is 6.29. The molecule has 1 amide bonds. The van der Waals surface area contributed by atoms with E-state index in [0.29, 0.717) is 18.5 Å². The maximum absolute atomic E-state index is 13.2. The molecular formula is C23H25N5O3S. The number of sulfonamides is 1. The minimum absolute atomic E-state index is 0.0455. The normalized spacial score (nSPS) is 18.0. The van der Waals surface area contributed by atoms with Crippen molar-refractivity contribution >= 4 is 32.4 Å². The zero-order valence-corrected chi connectivity index (χ0v) is 18.7. The average molecular weight is 452 g/mol. The van der Waals surface area contributed by atoms with Gasteiger partial charge in [0.1, 0.15) is 0 Å². The molecule has 0 bridgehead atoms. The van der Waals surface area contributed by atoms with E-state index in [1.165, 1.54) is 4.31 Å². The van der Waals surface area contributed by atoms with Crippen LogP contribution < -0.4 is 4.90 Å². The summed E-state index contributed by atoms with van der Waals surface area (Å²) >= 11 is 0. The lowest BCUT2D eigenvalue weighted by atomic mass is 10.0. The van der Waals surface area contributed by atoms with Gasteiger partial charge in [0.15, 0.2) is 0 Å². The molecule has 0 saturated carbocycles. The zero-order chi connectivity index (χ0) is 22.3. The highest BCUT2D eigenvalue weighted by Crippen LogP contribution is 2.31. The highest BCUT2D eigenvalue weighted by atomic mass is 32.2. The fourth-order valence-electron chi connectivity index (χ4n) is 4.42. The maximum atomic E-state index is 13.2. The molecule has 0 unspecified atom stereocenters. The number of benzene rings is 1. The number of nitrogens with zero attached hydrogens (tertiary/aromatic N) is 5. The minimum Gasteiger partial charge on any atom is -0.368 e. The molecule has 4 heterocycles. The average Bonchev–Trinajstić information content (AvgIpc) is 2.77. The molecule has 9 heteroatoms. The molecule has 0 aliphatic carbocycles. The van der Waals surface area contributed by atoms with Gasteiger partial charge in [-0.25, -0.2) is 8.42 Å². The van der Waals surface area contributed by atoms with E-state index in [9.17, 15) is 13.2 Å². The summed E-state index contributed by atoms with van der Waals surface area (Å²) in [6.07, 6.45) is 5.05. The van der Waals surface area contributed by atoms with Gasteiger partial charge in [-0.1, -0.05) is 12.1 Å². The molecule has 2 aromatic heterocycles. The highest BCUT2D eigenvalue weighted by molar-refractivity contribution is 7.89. The van der Waals surface area contributed by atoms with Gasteiger partial charge in [0.2, 0.25) is 15.9 Å². The standard InChI is InChI=1S/C23H25N5O3S/c1-17-13-20(5-8-25-17)26-9-11-27(12-10-26)23(29)19-15-28(16-19)32(30,31)22-4-2-3-18-14-24-7-6-21(18)22/h2-8,13-14,19H,9-12,15-16H2,1H3. The van der Waals surface area contributed by atoms with Gasteiger partial charge in [0.25, 0.3) is 0 Å². The number of hydrogen-bond donors (Lipinski definition) is 0. The van der Waals surface area contributed by atoms with Gasteiger partial charge in [0.05, 0.1) is 10.8 Å². The van der Waals surface area contributed by atoms with Crippen molar-refractivity contribution in [2.75, 3.05) is 44.2 Å². The number of hydrogen-bond acceptors (Lipinski definition) is 6. The molecule has 1 aromatic carbocycles. The molecule has 8 nitrogen and oxygen atoms in total. The number of carbonyl (C=O) groups is 1. The van der Waals surface area contributed by atoms with E-state index >= 15 is 0 Å². The minimum atomic E-state index is -3.65. The second kappa shape index (κ2) is 8.14. The van der Waals surface area contributed by atoms with Crippen LogP contribution in [0.15, 0.2) is 59.9 Å². The third-order valence-corrected chi connectivity index (χ3v) is 8.18. The second-order valence-corrected chi connectivity index (χ2v) is 10.2. The summed E-state index contributed by atoms with van der Waals surface area (Å²) in [5, 5.41) is 1.43. The van der Waals surface area contributed by atoms with Gasteiger partial charge in [-0.15, -0.1) is 0 Å². The first-order valence-electron chi connectivity index (χ1n) is 10.7. The molecule has 32 heavy (non-hydrogen) atoms. The maximum Gasteiger partial charge on any atom is 0.243 e. The molecule has 166 valence electrons. The number of aryl methyl sites for hydroxylation is 1. The summed E-state index contributed by atoms with van der Waals surface area (Å²) < 4.78 is 27.7. The second-order valence-electron chi connectivity index (χ2n) is 8.34. The van der Waals surface area contributed by atoms with Crippen LogP contribution in [0.25, 0.3) is 10.8 Å². The molecule has 3 aromatic rings. The summed E-state index contributed by atoms with van der Waals surface area (Å²) in [6, 6.07) is 10.9. The zero-order valence-electron chi connectivity index (χ0n) is 17.9. The van der Waals surface area contributed by atoms with Crippen molar-refractivity contribution in [1.82, 2.24) is 19.2 Å². The smallest absolute Gasteiger partial charge is 0.243 e. The third kappa shape index (κ3) is 3.71. The van der Waals surface area contributed by atoms with Gasteiger partial charge >= 0.3 is 0 Å². The summed E-state index contributed by atoms with van der Waals surface area (Å²) in [5.74, 6) is -0.236. The molecule has 2 aliphatic heterocycles. The van der Waals surface area contributed by atoms with Crippen LogP contribution in [0.3, 0.4) is 0 Å². The van der Waals surface area contributed by atoms with Crippen molar-refractivity contribution in [3.63, 3.8) is 0 Å². The van der Waals surface area contributed by atoms with Crippen LogP contribution >= 0.6 is 0 Å². The number of fused-ring (bicyclic) bond motifs is 1. The molecule has 0 radical (unpaired) electrons. The van der Waals surface area contributed by atoms with Gasteiger partial charge in [0, 0.05) is 80.0 Å².